The molecule has 1 fully saturated rings. The van der Waals surface area contributed by atoms with E-state index >= 15 is 0 Å². The molecule has 1 aromatic carbocycles. The van der Waals surface area contributed by atoms with Gasteiger partial charge in [-0.3, -0.25) is 4.79 Å². The van der Waals surface area contributed by atoms with E-state index in [-0.39, 0.29) is 11.8 Å². The number of rotatable bonds is 4. The predicted molar refractivity (Wildman–Crippen MR) is 78.2 cm³/mol. The number of hydrogen-bond acceptors (Lipinski definition) is 2. The summed E-state index contributed by atoms with van der Waals surface area (Å²) in [7, 11) is 0. The maximum atomic E-state index is 12.0. The van der Waals surface area contributed by atoms with Crippen molar-refractivity contribution in [3.05, 3.63) is 34.9 Å². The Morgan fingerprint density at radius 3 is 2.89 bits per heavy atom. The third-order valence-corrected chi connectivity index (χ3v) is 3.95. The quantitative estimate of drug-likeness (QED) is 0.869. The minimum Gasteiger partial charge on any atom is -0.355 e. The fourth-order valence-electron chi connectivity index (χ4n) is 2.51. The molecule has 1 heterocycles. The van der Waals surface area contributed by atoms with Crippen LogP contribution >= 0.6 is 0 Å². The molecule has 3 heteroatoms. The van der Waals surface area contributed by atoms with Crippen LogP contribution in [0.3, 0.4) is 0 Å². The zero-order chi connectivity index (χ0) is 13.7. The second kappa shape index (κ2) is 6.71. The third kappa shape index (κ3) is 4.06. The Morgan fingerprint density at radius 1 is 1.37 bits per heavy atom. The number of hydrogen-bond donors (Lipinski definition) is 2. The average Bonchev–Trinajstić information content (AvgIpc) is 2.43. The normalized spacial score (nSPS) is 19.2. The fraction of sp³-hybridized carbons (Fsp3) is 0.562. The first-order valence-electron chi connectivity index (χ1n) is 7.21. The molecule has 0 radical (unpaired) electrons. The highest BCUT2D eigenvalue weighted by molar-refractivity contribution is 5.78. The lowest BCUT2D eigenvalue weighted by Crippen LogP contribution is -2.41. The van der Waals surface area contributed by atoms with Gasteiger partial charge in [-0.1, -0.05) is 18.2 Å². The van der Waals surface area contributed by atoms with Crippen molar-refractivity contribution < 1.29 is 4.79 Å². The van der Waals surface area contributed by atoms with Crippen molar-refractivity contribution in [2.45, 2.75) is 33.1 Å². The van der Waals surface area contributed by atoms with Crippen molar-refractivity contribution in [3.63, 3.8) is 0 Å². The summed E-state index contributed by atoms with van der Waals surface area (Å²) < 4.78 is 0. The van der Waals surface area contributed by atoms with Gasteiger partial charge in [0.15, 0.2) is 0 Å². The van der Waals surface area contributed by atoms with Crippen molar-refractivity contribution in [3.8, 4) is 0 Å². The highest BCUT2D eigenvalue weighted by Crippen LogP contribution is 2.11. The van der Waals surface area contributed by atoms with Crippen LogP contribution in [0.4, 0.5) is 0 Å². The molecule has 104 valence electrons. The van der Waals surface area contributed by atoms with E-state index in [2.05, 4.69) is 42.7 Å². The van der Waals surface area contributed by atoms with Gasteiger partial charge in [-0.05, 0) is 56.3 Å². The van der Waals surface area contributed by atoms with Gasteiger partial charge in [0.25, 0.3) is 0 Å². The Bertz CT molecular complexity index is 436. The Kier molecular flexibility index (Phi) is 4.97. The summed E-state index contributed by atoms with van der Waals surface area (Å²) in [6.07, 6.45) is 3.03. The summed E-state index contributed by atoms with van der Waals surface area (Å²) in [5, 5.41) is 6.33. The largest absolute Gasteiger partial charge is 0.355 e. The second-order valence-electron chi connectivity index (χ2n) is 5.50. The van der Waals surface area contributed by atoms with Crippen LogP contribution in [0.5, 0.6) is 0 Å². The standard InChI is InChI=1S/C16H24N2O/c1-12-5-6-14(10-13(12)2)7-9-18-16(19)15-4-3-8-17-11-15/h5-6,10,15,17H,3-4,7-9,11H2,1-2H3,(H,18,19). The zero-order valence-electron chi connectivity index (χ0n) is 12.0. The monoisotopic (exact) mass is 260 g/mol. The number of benzene rings is 1. The van der Waals surface area contributed by atoms with Crippen LogP contribution in [0.15, 0.2) is 18.2 Å². The smallest absolute Gasteiger partial charge is 0.224 e. The molecule has 19 heavy (non-hydrogen) atoms. The molecule has 1 amide bonds. The van der Waals surface area contributed by atoms with Gasteiger partial charge in [-0.25, -0.2) is 0 Å². The molecule has 0 aromatic heterocycles. The van der Waals surface area contributed by atoms with Gasteiger partial charge in [0, 0.05) is 13.1 Å². The van der Waals surface area contributed by atoms with Crippen molar-refractivity contribution in [2.24, 2.45) is 5.92 Å². The van der Waals surface area contributed by atoms with E-state index < -0.39 is 0 Å². The molecule has 1 unspecified atom stereocenters. The third-order valence-electron chi connectivity index (χ3n) is 3.95. The lowest BCUT2D eigenvalue weighted by molar-refractivity contribution is -0.125. The molecule has 0 bridgehead atoms. The molecule has 1 atom stereocenters. The maximum absolute atomic E-state index is 12.0. The lowest BCUT2D eigenvalue weighted by Gasteiger charge is -2.21. The van der Waals surface area contributed by atoms with Crippen molar-refractivity contribution >= 4 is 5.91 Å². The van der Waals surface area contributed by atoms with E-state index in [4.69, 9.17) is 0 Å². The number of aryl methyl sites for hydroxylation is 2. The number of nitrogens with one attached hydrogen (secondary N) is 2. The Labute approximate surface area is 115 Å². The van der Waals surface area contributed by atoms with Crippen LogP contribution in [-0.4, -0.2) is 25.5 Å². The molecular weight excluding hydrogens is 236 g/mol. The molecule has 0 spiro atoms. The van der Waals surface area contributed by atoms with Crippen LogP contribution in [0.25, 0.3) is 0 Å². The summed E-state index contributed by atoms with van der Waals surface area (Å²) in [5.41, 5.74) is 3.94. The molecular formula is C16H24N2O. The highest BCUT2D eigenvalue weighted by Gasteiger charge is 2.20. The van der Waals surface area contributed by atoms with Crippen LogP contribution in [0.1, 0.15) is 29.5 Å². The molecule has 1 saturated heterocycles. The molecule has 1 aliphatic heterocycles. The lowest BCUT2D eigenvalue weighted by atomic mass is 9.98. The molecule has 2 N–H and O–H groups in total. The molecule has 1 aliphatic rings. The topological polar surface area (TPSA) is 41.1 Å². The predicted octanol–water partition coefficient (Wildman–Crippen LogP) is 1.96. The van der Waals surface area contributed by atoms with Crippen LogP contribution < -0.4 is 10.6 Å². The molecule has 1 aromatic rings. The van der Waals surface area contributed by atoms with E-state index in [9.17, 15) is 4.79 Å². The average molecular weight is 260 g/mol. The second-order valence-corrected chi connectivity index (χ2v) is 5.50. The van der Waals surface area contributed by atoms with Crippen molar-refractivity contribution in [1.29, 1.82) is 0 Å². The van der Waals surface area contributed by atoms with Crippen molar-refractivity contribution in [2.75, 3.05) is 19.6 Å². The highest BCUT2D eigenvalue weighted by atomic mass is 16.1. The van der Waals surface area contributed by atoms with Gasteiger partial charge >= 0.3 is 0 Å². The van der Waals surface area contributed by atoms with Crippen LogP contribution in [0.2, 0.25) is 0 Å². The first kappa shape index (κ1) is 14.1. The zero-order valence-corrected chi connectivity index (χ0v) is 12.0. The molecule has 3 nitrogen and oxygen atoms in total. The van der Waals surface area contributed by atoms with Gasteiger partial charge < -0.3 is 10.6 Å². The summed E-state index contributed by atoms with van der Waals surface area (Å²) in [4.78, 5) is 12.0. The fourth-order valence-corrected chi connectivity index (χ4v) is 2.51. The first-order valence-corrected chi connectivity index (χ1v) is 7.21. The SMILES string of the molecule is Cc1ccc(CCNC(=O)C2CCCNC2)cc1C. The van der Waals surface area contributed by atoms with E-state index in [1.54, 1.807) is 0 Å². The van der Waals surface area contributed by atoms with Crippen LogP contribution in [0, 0.1) is 19.8 Å². The van der Waals surface area contributed by atoms with E-state index in [0.717, 1.165) is 38.9 Å². The van der Waals surface area contributed by atoms with E-state index in [0.29, 0.717) is 0 Å². The number of carbonyl (C=O) groups is 1. The Balaban J connectivity index is 1.76. The number of carbonyl (C=O) groups excluding carboxylic acids is 1. The van der Waals surface area contributed by atoms with Crippen molar-refractivity contribution in [1.82, 2.24) is 10.6 Å². The van der Waals surface area contributed by atoms with Gasteiger partial charge in [0.1, 0.15) is 0 Å². The van der Waals surface area contributed by atoms with Crippen LogP contribution in [-0.2, 0) is 11.2 Å². The van der Waals surface area contributed by atoms with E-state index in [1.807, 2.05) is 0 Å². The van der Waals surface area contributed by atoms with Gasteiger partial charge in [-0.2, -0.15) is 0 Å². The molecule has 2 rings (SSSR count). The number of amides is 1. The maximum Gasteiger partial charge on any atom is 0.224 e. The van der Waals surface area contributed by atoms with Gasteiger partial charge in [0.2, 0.25) is 5.91 Å². The summed E-state index contributed by atoms with van der Waals surface area (Å²) in [6, 6.07) is 6.51. The summed E-state index contributed by atoms with van der Waals surface area (Å²) in [5.74, 6) is 0.365. The first-order chi connectivity index (χ1) is 9.16. The van der Waals surface area contributed by atoms with Gasteiger partial charge in [0.05, 0.1) is 5.92 Å². The van der Waals surface area contributed by atoms with E-state index in [1.165, 1.54) is 16.7 Å². The molecule has 0 aliphatic carbocycles. The van der Waals surface area contributed by atoms with Gasteiger partial charge in [-0.15, -0.1) is 0 Å². The minimum atomic E-state index is 0.161. The molecule has 0 saturated carbocycles. The minimum absolute atomic E-state index is 0.161. The summed E-state index contributed by atoms with van der Waals surface area (Å²) in [6.45, 7) is 6.86. The Hall–Kier alpha value is -1.35. The Morgan fingerprint density at radius 2 is 2.21 bits per heavy atom. The summed E-state index contributed by atoms with van der Waals surface area (Å²) >= 11 is 0. The number of piperidine rings is 1.